The zero-order chi connectivity index (χ0) is 27.1. The van der Waals surface area contributed by atoms with E-state index in [1.807, 2.05) is 6.92 Å². The molecule has 5 heterocycles. The van der Waals surface area contributed by atoms with E-state index >= 15 is 0 Å². The summed E-state index contributed by atoms with van der Waals surface area (Å²) in [6, 6.07) is 1.79. The molecule has 0 radical (unpaired) electrons. The number of thiophene rings is 1. The predicted octanol–water partition coefficient (Wildman–Crippen LogP) is 3.85. The number of pyridine rings is 1. The third-order valence-electron chi connectivity index (χ3n) is 9.23. The predicted molar refractivity (Wildman–Crippen MR) is 149 cm³/mol. The van der Waals surface area contributed by atoms with Gasteiger partial charge < -0.3 is 15.3 Å². The molecule has 1 atom stereocenters. The van der Waals surface area contributed by atoms with Crippen LogP contribution in [0.3, 0.4) is 0 Å². The molecule has 0 unspecified atom stereocenters. The number of carbonyl (C=O) groups is 2. The maximum atomic E-state index is 13.9. The Balaban J connectivity index is 1.23. The molecule has 3 aromatic rings. The summed E-state index contributed by atoms with van der Waals surface area (Å²) in [5.41, 5.74) is 1.62. The van der Waals surface area contributed by atoms with Crippen LogP contribution in [0.25, 0.3) is 10.2 Å². The van der Waals surface area contributed by atoms with E-state index in [2.05, 4.69) is 15.3 Å². The number of likely N-dealkylation sites (tertiary alicyclic amines) is 1. The number of ketones is 1. The van der Waals surface area contributed by atoms with Crippen molar-refractivity contribution < 1.29 is 14.7 Å². The first-order chi connectivity index (χ1) is 18.7. The number of hydrogen-bond donors (Lipinski definition) is 2. The van der Waals surface area contributed by atoms with E-state index in [9.17, 15) is 19.5 Å². The van der Waals surface area contributed by atoms with Crippen LogP contribution >= 0.6 is 11.3 Å². The van der Waals surface area contributed by atoms with Gasteiger partial charge in [-0.1, -0.05) is 19.3 Å². The van der Waals surface area contributed by atoms with Crippen LogP contribution in [0.2, 0.25) is 0 Å². The van der Waals surface area contributed by atoms with E-state index in [1.54, 1.807) is 33.8 Å². The molecule has 9 nitrogen and oxygen atoms in total. The van der Waals surface area contributed by atoms with Gasteiger partial charge in [-0.3, -0.25) is 19.0 Å². The Hall–Kier alpha value is -3.11. The maximum absolute atomic E-state index is 13.9. The number of aryl methyl sites for hydroxylation is 2. The van der Waals surface area contributed by atoms with Gasteiger partial charge in [0.25, 0.3) is 5.56 Å². The number of aliphatic hydroxyl groups is 1. The van der Waals surface area contributed by atoms with Gasteiger partial charge in [0.2, 0.25) is 5.91 Å². The monoisotopic (exact) mass is 547 g/mol. The lowest BCUT2D eigenvalue weighted by Crippen LogP contribution is -2.63. The molecule has 2 aliphatic carbocycles. The van der Waals surface area contributed by atoms with Gasteiger partial charge in [-0.15, -0.1) is 11.3 Å². The summed E-state index contributed by atoms with van der Waals surface area (Å²) in [6.45, 7) is 4.45. The third-order valence-corrected chi connectivity index (χ3v) is 10.4. The van der Waals surface area contributed by atoms with Crippen molar-refractivity contribution in [3.8, 4) is 0 Å². The van der Waals surface area contributed by atoms with Gasteiger partial charge in [-0.25, -0.2) is 9.97 Å². The van der Waals surface area contributed by atoms with Gasteiger partial charge in [0.15, 0.2) is 5.78 Å². The number of Topliss-reactive ketones (excluding diaryl/α,β-unsaturated/α-hetero) is 1. The molecule has 4 aliphatic rings. The van der Waals surface area contributed by atoms with E-state index in [4.69, 9.17) is 0 Å². The van der Waals surface area contributed by atoms with Crippen LogP contribution in [0.1, 0.15) is 78.4 Å². The number of nitrogens with one attached hydrogen (secondary N) is 1. The molecule has 39 heavy (non-hydrogen) atoms. The highest BCUT2D eigenvalue weighted by molar-refractivity contribution is 7.19. The minimum atomic E-state index is -0.776. The van der Waals surface area contributed by atoms with Gasteiger partial charge in [0.1, 0.15) is 22.7 Å². The van der Waals surface area contributed by atoms with Gasteiger partial charge in [0.05, 0.1) is 35.3 Å². The molecule has 1 amide bonds. The second-order valence-electron chi connectivity index (χ2n) is 12.3. The van der Waals surface area contributed by atoms with E-state index in [-0.39, 0.29) is 23.2 Å². The van der Waals surface area contributed by atoms with Crippen LogP contribution in [0.4, 0.5) is 11.5 Å². The quantitative estimate of drug-likeness (QED) is 0.512. The van der Waals surface area contributed by atoms with Crippen molar-refractivity contribution in [1.29, 1.82) is 0 Å². The van der Waals surface area contributed by atoms with Crippen molar-refractivity contribution in [2.24, 2.45) is 5.92 Å². The highest BCUT2D eigenvalue weighted by atomic mass is 32.1. The number of anilines is 2. The number of carbonyl (C=O) groups excluding carboxylic acids is 2. The Kier molecular flexibility index (Phi) is 5.55. The van der Waals surface area contributed by atoms with Gasteiger partial charge in [0, 0.05) is 17.2 Å². The van der Waals surface area contributed by atoms with E-state index in [1.165, 1.54) is 6.33 Å². The molecule has 0 bridgehead atoms. The van der Waals surface area contributed by atoms with Crippen LogP contribution < -0.4 is 10.9 Å². The zero-order valence-electron chi connectivity index (χ0n) is 22.4. The Morgan fingerprint density at radius 1 is 1.18 bits per heavy atom. The van der Waals surface area contributed by atoms with Crippen molar-refractivity contribution in [2.45, 2.75) is 82.8 Å². The summed E-state index contributed by atoms with van der Waals surface area (Å²) in [7, 11) is 0. The molecule has 1 saturated heterocycles. The number of amides is 1. The van der Waals surface area contributed by atoms with Crippen molar-refractivity contribution in [2.75, 3.05) is 18.4 Å². The first kappa shape index (κ1) is 24.9. The molecule has 204 valence electrons. The summed E-state index contributed by atoms with van der Waals surface area (Å²) >= 11 is 1.59. The SMILES string of the molecule is Cc1cc(Nc2ncnc3sc4c(c23)CC[C@H](C(=O)N2CC(C)(O)C2)C4)c(=O)n2c1C(=O)CC21CCCCC1. The van der Waals surface area contributed by atoms with Gasteiger partial charge >= 0.3 is 0 Å². The standard InChI is InChI=1S/C29H33N5O4S/c1-16-10-19(27(37)34-23(16)20(35)12-29(34)8-4-3-5-9-29)32-24-22-18-7-6-17(26(36)33-13-28(2,38)14-33)11-21(18)39-25(22)31-15-30-24/h10,15,17,38H,3-9,11-14H2,1-2H3,(H,30,31,32)/t17-/m0/s1. The molecule has 1 spiro atoms. The van der Waals surface area contributed by atoms with Crippen LogP contribution in [-0.2, 0) is 23.2 Å². The molecule has 2 fully saturated rings. The molecule has 1 saturated carbocycles. The highest BCUT2D eigenvalue weighted by Gasteiger charge is 2.46. The summed E-state index contributed by atoms with van der Waals surface area (Å²) in [6.07, 6.45) is 8.97. The Labute approximate surface area is 230 Å². The number of β-amino-alcohol motifs (C(OH)–C–C–N with tert-alkyl or cyclic N) is 1. The highest BCUT2D eigenvalue weighted by Crippen LogP contribution is 2.44. The van der Waals surface area contributed by atoms with Gasteiger partial charge in [-0.05, 0) is 63.1 Å². The molecule has 2 aliphatic heterocycles. The first-order valence-corrected chi connectivity index (χ1v) is 14.8. The smallest absolute Gasteiger partial charge is 0.275 e. The topological polar surface area (TPSA) is 117 Å². The number of aromatic nitrogens is 3. The first-order valence-electron chi connectivity index (χ1n) is 14.0. The van der Waals surface area contributed by atoms with Crippen molar-refractivity contribution >= 4 is 44.7 Å². The van der Waals surface area contributed by atoms with E-state index < -0.39 is 11.1 Å². The van der Waals surface area contributed by atoms with Crippen LogP contribution in [0, 0.1) is 12.8 Å². The van der Waals surface area contributed by atoms with E-state index in [0.717, 1.165) is 71.2 Å². The number of hydrogen-bond acceptors (Lipinski definition) is 8. The number of nitrogens with zero attached hydrogens (tertiary/aromatic N) is 4. The largest absolute Gasteiger partial charge is 0.386 e. The fourth-order valence-electron chi connectivity index (χ4n) is 7.44. The average Bonchev–Trinajstić information content (AvgIpc) is 3.40. The van der Waals surface area contributed by atoms with Crippen LogP contribution in [0.15, 0.2) is 17.2 Å². The molecular formula is C29H33N5O4S. The van der Waals surface area contributed by atoms with Gasteiger partial charge in [-0.2, -0.15) is 0 Å². The van der Waals surface area contributed by atoms with Crippen LogP contribution in [-0.4, -0.2) is 54.9 Å². The molecule has 0 aromatic carbocycles. The summed E-state index contributed by atoms with van der Waals surface area (Å²) in [5.74, 6) is 0.682. The fourth-order valence-corrected chi connectivity index (χ4v) is 8.70. The summed E-state index contributed by atoms with van der Waals surface area (Å²) in [4.78, 5) is 52.8. The van der Waals surface area contributed by atoms with Crippen molar-refractivity contribution in [3.63, 3.8) is 0 Å². The second kappa shape index (κ2) is 8.69. The van der Waals surface area contributed by atoms with Crippen molar-refractivity contribution in [1.82, 2.24) is 19.4 Å². The lowest BCUT2D eigenvalue weighted by atomic mass is 9.80. The lowest BCUT2D eigenvalue weighted by Gasteiger charge is -2.45. The molecule has 7 rings (SSSR count). The van der Waals surface area contributed by atoms with E-state index in [0.29, 0.717) is 43.1 Å². The Morgan fingerprint density at radius 3 is 2.69 bits per heavy atom. The van der Waals surface area contributed by atoms with Crippen molar-refractivity contribution in [3.05, 3.63) is 44.4 Å². The summed E-state index contributed by atoms with van der Waals surface area (Å²) < 4.78 is 1.80. The Bertz CT molecular complexity index is 1590. The lowest BCUT2D eigenvalue weighted by molar-refractivity contribution is -0.156. The third kappa shape index (κ3) is 3.86. The number of fused-ring (bicyclic) bond motifs is 5. The maximum Gasteiger partial charge on any atom is 0.275 e. The average molecular weight is 548 g/mol. The summed E-state index contributed by atoms with van der Waals surface area (Å²) in [5, 5.41) is 14.3. The molecular weight excluding hydrogens is 514 g/mol. The Morgan fingerprint density at radius 2 is 1.95 bits per heavy atom. The fraction of sp³-hybridized carbons (Fsp3) is 0.552. The normalized spacial score (nSPS) is 23.0. The molecule has 2 N–H and O–H groups in total. The minimum Gasteiger partial charge on any atom is -0.386 e. The zero-order valence-corrected chi connectivity index (χ0v) is 23.2. The molecule has 3 aromatic heterocycles. The number of rotatable bonds is 3. The van der Waals surface area contributed by atoms with Crippen LogP contribution in [0.5, 0.6) is 0 Å². The molecule has 10 heteroatoms. The minimum absolute atomic E-state index is 0.0697. The second-order valence-corrected chi connectivity index (χ2v) is 13.4.